The van der Waals surface area contributed by atoms with E-state index >= 15 is 0 Å². The highest BCUT2D eigenvalue weighted by molar-refractivity contribution is 5.79. The maximum Gasteiger partial charge on any atom is 0.191 e. The first-order valence-electron chi connectivity index (χ1n) is 9.27. The Kier molecular flexibility index (Phi) is 11.9. The molecule has 2 N–H and O–H groups in total. The van der Waals surface area contributed by atoms with Gasteiger partial charge in [-0.1, -0.05) is 20.3 Å². The molecule has 0 spiro atoms. The van der Waals surface area contributed by atoms with Crippen LogP contribution in [-0.2, 0) is 4.74 Å². The zero-order valence-electron chi connectivity index (χ0n) is 15.4. The molecule has 0 aliphatic carbocycles. The van der Waals surface area contributed by atoms with Crippen molar-refractivity contribution in [2.45, 2.75) is 33.1 Å². The summed E-state index contributed by atoms with van der Waals surface area (Å²) in [6.45, 7) is 15.0. The summed E-state index contributed by atoms with van der Waals surface area (Å²) >= 11 is 0. The molecule has 23 heavy (non-hydrogen) atoms. The summed E-state index contributed by atoms with van der Waals surface area (Å²) in [4.78, 5) is 9.30. The van der Waals surface area contributed by atoms with Gasteiger partial charge >= 0.3 is 0 Å². The highest BCUT2D eigenvalue weighted by Gasteiger charge is 2.14. The average Bonchev–Trinajstić information content (AvgIpc) is 2.60. The third-order valence-electron chi connectivity index (χ3n) is 4.26. The maximum atomic E-state index is 5.56. The Morgan fingerprint density at radius 3 is 2.26 bits per heavy atom. The molecule has 6 nitrogen and oxygen atoms in total. The van der Waals surface area contributed by atoms with Gasteiger partial charge < -0.3 is 20.3 Å². The quantitative estimate of drug-likeness (QED) is 0.337. The molecule has 6 heteroatoms. The van der Waals surface area contributed by atoms with E-state index in [1.54, 1.807) is 0 Å². The second kappa shape index (κ2) is 13.6. The second-order valence-corrected chi connectivity index (χ2v) is 6.02. The molecular weight excluding hydrogens is 290 g/mol. The summed E-state index contributed by atoms with van der Waals surface area (Å²) < 4.78 is 5.56. The van der Waals surface area contributed by atoms with Gasteiger partial charge in [-0.25, -0.2) is 0 Å². The third-order valence-corrected chi connectivity index (χ3v) is 4.26. The van der Waals surface area contributed by atoms with Crippen molar-refractivity contribution in [3.05, 3.63) is 0 Å². The number of nitrogens with one attached hydrogen (secondary N) is 2. The average molecular weight is 328 g/mol. The first-order chi connectivity index (χ1) is 11.3. The van der Waals surface area contributed by atoms with Crippen LogP contribution in [0.25, 0.3) is 0 Å². The molecule has 1 aliphatic rings. The fourth-order valence-corrected chi connectivity index (χ4v) is 2.61. The summed E-state index contributed by atoms with van der Waals surface area (Å²) in [5.41, 5.74) is 0. The molecule has 1 saturated heterocycles. The molecule has 0 aromatic heterocycles. The number of likely N-dealkylation sites (N-methyl/N-ethyl adjacent to an activating group) is 1. The van der Waals surface area contributed by atoms with E-state index in [-0.39, 0.29) is 0 Å². The van der Waals surface area contributed by atoms with Crippen LogP contribution in [0.2, 0.25) is 0 Å². The standard InChI is InChI=1S/C17H37N5O/c1-4-6-15-23-16-7-8-19-17(18-3)20-9-10-22-13-11-21(5-2)12-14-22/h4-16H2,1-3H3,(H2,18,19,20). The number of hydrogen-bond donors (Lipinski definition) is 2. The van der Waals surface area contributed by atoms with Crippen LogP contribution in [0.4, 0.5) is 0 Å². The van der Waals surface area contributed by atoms with E-state index in [1.165, 1.54) is 39.1 Å². The Morgan fingerprint density at radius 2 is 1.61 bits per heavy atom. The van der Waals surface area contributed by atoms with Crippen molar-refractivity contribution in [3.8, 4) is 0 Å². The number of hydrogen-bond acceptors (Lipinski definition) is 4. The Balaban J connectivity index is 1.99. The third kappa shape index (κ3) is 9.79. The van der Waals surface area contributed by atoms with Gasteiger partial charge in [0.15, 0.2) is 5.96 Å². The molecule has 0 atom stereocenters. The summed E-state index contributed by atoms with van der Waals surface area (Å²) in [6.07, 6.45) is 3.37. The lowest BCUT2D eigenvalue weighted by atomic mass is 10.3. The van der Waals surface area contributed by atoms with Crippen LogP contribution in [0, 0.1) is 0 Å². The predicted molar refractivity (Wildman–Crippen MR) is 98.3 cm³/mol. The van der Waals surface area contributed by atoms with E-state index in [4.69, 9.17) is 4.74 Å². The van der Waals surface area contributed by atoms with E-state index in [0.29, 0.717) is 0 Å². The fourth-order valence-electron chi connectivity index (χ4n) is 2.61. The Morgan fingerprint density at radius 1 is 0.957 bits per heavy atom. The van der Waals surface area contributed by atoms with E-state index in [1.807, 2.05) is 7.05 Å². The van der Waals surface area contributed by atoms with Crippen LogP contribution in [0.5, 0.6) is 0 Å². The lowest BCUT2D eigenvalue weighted by Crippen LogP contribution is -2.49. The highest BCUT2D eigenvalue weighted by atomic mass is 16.5. The van der Waals surface area contributed by atoms with Crippen LogP contribution in [0.15, 0.2) is 4.99 Å². The molecule has 0 amide bonds. The lowest BCUT2D eigenvalue weighted by molar-refractivity contribution is 0.129. The lowest BCUT2D eigenvalue weighted by Gasteiger charge is -2.34. The number of rotatable bonds is 11. The Hall–Kier alpha value is -0.850. The minimum Gasteiger partial charge on any atom is -0.381 e. The van der Waals surface area contributed by atoms with Crippen molar-refractivity contribution in [3.63, 3.8) is 0 Å². The number of guanidine groups is 1. The maximum absolute atomic E-state index is 5.56. The molecule has 1 fully saturated rings. The minimum absolute atomic E-state index is 0.825. The number of unbranched alkanes of at least 4 members (excludes halogenated alkanes) is 1. The normalized spacial score (nSPS) is 17.4. The van der Waals surface area contributed by atoms with Crippen LogP contribution in [0.3, 0.4) is 0 Å². The summed E-state index contributed by atoms with van der Waals surface area (Å²) in [7, 11) is 1.83. The topological polar surface area (TPSA) is 52.1 Å². The number of ether oxygens (including phenoxy) is 1. The minimum atomic E-state index is 0.825. The monoisotopic (exact) mass is 327 g/mol. The van der Waals surface area contributed by atoms with Crippen molar-refractivity contribution >= 4 is 5.96 Å². The predicted octanol–water partition coefficient (Wildman–Crippen LogP) is 0.996. The smallest absolute Gasteiger partial charge is 0.191 e. The van der Waals surface area contributed by atoms with Gasteiger partial charge in [-0.15, -0.1) is 0 Å². The first kappa shape index (κ1) is 20.2. The van der Waals surface area contributed by atoms with Crippen LogP contribution >= 0.6 is 0 Å². The van der Waals surface area contributed by atoms with Crippen molar-refractivity contribution in [2.24, 2.45) is 4.99 Å². The molecule has 1 aliphatic heterocycles. The van der Waals surface area contributed by atoms with Crippen molar-refractivity contribution < 1.29 is 4.74 Å². The molecule has 1 rings (SSSR count). The van der Waals surface area contributed by atoms with Crippen molar-refractivity contribution in [1.82, 2.24) is 20.4 Å². The van der Waals surface area contributed by atoms with E-state index in [9.17, 15) is 0 Å². The van der Waals surface area contributed by atoms with Crippen molar-refractivity contribution in [1.29, 1.82) is 0 Å². The molecular formula is C17H37N5O. The Bertz CT molecular complexity index is 303. The van der Waals surface area contributed by atoms with Crippen LogP contribution in [0.1, 0.15) is 33.1 Å². The van der Waals surface area contributed by atoms with Gasteiger partial charge in [0.25, 0.3) is 0 Å². The van der Waals surface area contributed by atoms with Gasteiger partial charge in [0.05, 0.1) is 0 Å². The van der Waals surface area contributed by atoms with Gasteiger partial charge in [-0.2, -0.15) is 0 Å². The highest BCUT2D eigenvalue weighted by Crippen LogP contribution is 1.99. The molecule has 136 valence electrons. The molecule has 0 saturated carbocycles. The second-order valence-electron chi connectivity index (χ2n) is 6.02. The largest absolute Gasteiger partial charge is 0.381 e. The molecule has 0 aromatic rings. The van der Waals surface area contributed by atoms with E-state index in [0.717, 1.165) is 51.6 Å². The van der Waals surface area contributed by atoms with Gasteiger partial charge in [0, 0.05) is 66.1 Å². The first-order valence-corrected chi connectivity index (χ1v) is 9.27. The zero-order valence-corrected chi connectivity index (χ0v) is 15.4. The molecule has 0 unspecified atom stereocenters. The van der Waals surface area contributed by atoms with E-state index < -0.39 is 0 Å². The molecule has 0 bridgehead atoms. The summed E-state index contributed by atoms with van der Waals surface area (Å²) in [5.74, 6) is 0.894. The van der Waals surface area contributed by atoms with Crippen LogP contribution in [-0.4, -0.2) is 88.4 Å². The Labute approximate surface area is 142 Å². The molecule has 1 heterocycles. The SMILES string of the molecule is CCCCOCCCNC(=NC)NCCN1CCN(CC)CC1. The van der Waals surface area contributed by atoms with Gasteiger partial charge in [0.1, 0.15) is 0 Å². The summed E-state index contributed by atoms with van der Waals surface area (Å²) in [6, 6.07) is 0. The van der Waals surface area contributed by atoms with E-state index in [2.05, 4.69) is 39.3 Å². The van der Waals surface area contributed by atoms with Gasteiger partial charge in [-0.3, -0.25) is 9.89 Å². The fraction of sp³-hybridized carbons (Fsp3) is 0.941. The van der Waals surface area contributed by atoms with Crippen molar-refractivity contribution in [2.75, 3.05) is 72.6 Å². The summed E-state index contributed by atoms with van der Waals surface area (Å²) in [5, 5.41) is 6.74. The zero-order chi connectivity index (χ0) is 16.8. The molecule has 0 aromatic carbocycles. The number of aliphatic imine (C=N–C) groups is 1. The number of piperazine rings is 1. The van der Waals surface area contributed by atoms with Gasteiger partial charge in [-0.05, 0) is 19.4 Å². The van der Waals surface area contributed by atoms with Crippen LogP contribution < -0.4 is 10.6 Å². The number of nitrogens with zero attached hydrogens (tertiary/aromatic N) is 3. The molecule has 0 radical (unpaired) electrons. The van der Waals surface area contributed by atoms with Gasteiger partial charge in [0.2, 0.25) is 0 Å².